The predicted molar refractivity (Wildman–Crippen MR) is 66.2 cm³/mol. The average molecular weight is 221 g/mol. The Balaban J connectivity index is 2.09. The maximum absolute atomic E-state index is 5.63. The highest BCUT2D eigenvalue weighted by Crippen LogP contribution is 2.36. The van der Waals surface area contributed by atoms with Gasteiger partial charge in [0.1, 0.15) is 0 Å². The lowest BCUT2D eigenvalue weighted by Crippen LogP contribution is -2.24. The summed E-state index contributed by atoms with van der Waals surface area (Å²) in [6, 6.07) is 0.648. The second-order valence-corrected chi connectivity index (χ2v) is 5.25. The summed E-state index contributed by atoms with van der Waals surface area (Å²) < 4.78 is 2.36. The highest BCUT2D eigenvalue weighted by molar-refractivity contribution is 5.02. The molecule has 0 radical (unpaired) electrons. The lowest BCUT2D eigenvalue weighted by Gasteiger charge is -2.33. The van der Waals surface area contributed by atoms with Crippen LogP contribution in [0.2, 0.25) is 0 Å². The Bertz CT molecular complexity index is 332. The van der Waals surface area contributed by atoms with Crippen molar-refractivity contribution in [3.8, 4) is 0 Å². The third kappa shape index (κ3) is 2.29. The van der Waals surface area contributed by atoms with Gasteiger partial charge in [-0.25, -0.2) is 4.98 Å². The van der Waals surface area contributed by atoms with Gasteiger partial charge in [0.2, 0.25) is 0 Å². The largest absolute Gasteiger partial charge is 0.331 e. The van der Waals surface area contributed by atoms with Gasteiger partial charge in [-0.2, -0.15) is 0 Å². The fourth-order valence-electron chi connectivity index (χ4n) is 2.77. The molecular weight excluding hydrogens is 198 g/mol. The van der Waals surface area contributed by atoms with Gasteiger partial charge in [-0.1, -0.05) is 13.8 Å². The Morgan fingerprint density at radius 2 is 2.19 bits per heavy atom. The summed E-state index contributed by atoms with van der Waals surface area (Å²) in [5.74, 6) is 1.70. The van der Waals surface area contributed by atoms with Crippen LogP contribution in [0.5, 0.6) is 0 Å². The fourth-order valence-corrected chi connectivity index (χ4v) is 2.77. The van der Waals surface area contributed by atoms with Crippen LogP contribution in [0.1, 0.15) is 44.8 Å². The van der Waals surface area contributed by atoms with Gasteiger partial charge in [-0.05, 0) is 37.6 Å². The Morgan fingerprint density at radius 1 is 1.38 bits per heavy atom. The van der Waals surface area contributed by atoms with E-state index in [2.05, 4.69) is 23.4 Å². The van der Waals surface area contributed by atoms with Crippen molar-refractivity contribution in [3.05, 3.63) is 18.2 Å². The Hall–Kier alpha value is -0.830. The molecule has 1 fully saturated rings. The van der Waals surface area contributed by atoms with E-state index in [1.807, 2.05) is 12.5 Å². The minimum atomic E-state index is 0.648. The molecule has 3 nitrogen and oxygen atoms in total. The van der Waals surface area contributed by atoms with Gasteiger partial charge < -0.3 is 10.3 Å². The first kappa shape index (κ1) is 11.6. The first-order valence-electron chi connectivity index (χ1n) is 6.43. The highest BCUT2D eigenvalue weighted by Gasteiger charge is 2.26. The topological polar surface area (TPSA) is 43.8 Å². The second kappa shape index (κ2) is 5.00. The average Bonchev–Trinajstić information content (AvgIpc) is 2.71. The molecule has 1 aliphatic carbocycles. The summed E-state index contributed by atoms with van der Waals surface area (Å²) in [5.41, 5.74) is 6.93. The van der Waals surface area contributed by atoms with Crippen LogP contribution in [0.4, 0.5) is 0 Å². The minimum Gasteiger partial charge on any atom is -0.331 e. The van der Waals surface area contributed by atoms with E-state index in [1.165, 1.54) is 25.0 Å². The maximum atomic E-state index is 5.63. The molecule has 2 rings (SSSR count). The van der Waals surface area contributed by atoms with Crippen LogP contribution in [-0.2, 0) is 6.42 Å². The van der Waals surface area contributed by atoms with Crippen molar-refractivity contribution in [1.29, 1.82) is 0 Å². The molecule has 0 amide bonds. The number of hydrogen-bond acceptors (Lipinski definition) is 2. The zero-order chi connectivity index (χ0) is 11.5. The lowest BCUT2D eigenvalue weighted by molar-refractivity contribution is 0.208. The van der Waals surface area contributed by atoms with Crippen molar-refractivity contribution in [2.45, 2.75) is 45.6 Å². The van der Waals surface area contributed by atoms with Crippen LogP contribution in [0.25, 0.3) is 0 Å². The minimum absolute atomic E-state index is 0.648. The molecule has 3 heteroatoms. The molecule has 0 aromatic carbocycles. The maximum Gasteiger partial charge on any atom is 0.0950 e. The molecule has 1 heterocycles. The number of hydrogen-bond donors (Lipinski definition) is 1. The van der Waals surface area contributed by atoms with Crippen molar-refractivity contribution >= 4 is 0 Å². The summed E-state index contributed by atoms with van der Waals surface area (Å²) in [6.45, 7) is 5.45. The molecular formula is C13H23N3. The third-order valence-electron chi connectivity index (χ3n) is 4.11. The fraction of sp³-hybridized carbons (Fsp3) is 0.769. The van der Waals surface area contributed by atoms with Crippen molar-refractivity contribution in [1.82, 2.24) is 9.55 Å². The van der Waals surface area contributed by atoms with E-state index in [4.69, 9.17) is 5.73 Å². The van der Waals surface area contributed by atoms with Crippen LogP contribution in [0, 0.1) is 11.8 Å². The molecule has 1 saturated carbocycles. The SMILES string of the molecule is CC1CCC(n2cncc2CCN)CC1C. The monoisotopic (exact) mass is 221 g/mol. The van der Waals surface area contributed by atoms with Crippen LogP contribution in [0.15, 0.2) is 12.5 Å². The van der Waals surface area contributed by atoms with E-state index in [0.29, 0.717) is 12.6 Å². The van der Waals surface area contributed by atoms with E-state index in [0.717, 1.165) is 18.3 Å². The van der Waals surface area contributed by atoms with Gasteiger partial charge >= 0.3 is 0 Å². The van der Waals surface area contributed by atoms with Gasteiger partial charge in [-0.3, -0.25) is 0 Å². The molecule has 3 unspecified atom stereocenters. The zero-order valence-corrected chi connectivity index (χ0v) is 10.4. The number of nitrogens with zero attached hydrogens (tertiary/aromatic N) is 2. The van der Waals surface area contributed by atoms with E-state index in [1.54, 1.807) is 0 Å². The highest BCUT2D eigenvalue weighted by atomic mass is 15.1. The van der Waals surface area contributed by atoms with Crippen LogP contribution in [-0.4, -0.2) is 16.1 Å². The summed E-state index contributed by atoms with van der Waals surface area (Å²) in [7, 11) is 0. The molecule has 3 atom stereocenters. The number of nitrogens with two attached hydrogens (primary N) is 1. The Labute approximate surface area is 98.1 Å². The molecule has 90 valence electrons. The van der Waals surface area contributed by atoms with Crippen molar-refractivity contribution in [2.75, 3.05) is 6.54 Å². The van der Waals surface area contributed by atoms with Crippen molar-refractivity contribution in [3.63, 3.8) is 0 Å². The normalized spacial score (nSPS) is 30.6. The third-order valence-corrected chi connectivity index (χ3v) is 4.11. The molecule has 2 N–H and O–H groups in total. The molecule has 1 aliphatic rings. The van der Waals surface area contributed by atoms with E-state index in [9.17, 15) is 0 Å². The molecule has 0 bridgehead atoms. The van der Waals surface area contributed by atoms with Crippen LogP contribution < -0.4 is 5.73 Å². The summed E-state index contributed by atoms with van der Waals surface area (Å²) in [5, 5.41) is 0. The van der Waals surface area contributed by atoms with Crippen LogP contribution in [0.3, 0.4) is 0 Å². The van der Waals surface area contributed by atoms with Crippen LogP contribution >= 0.6 is 0 Å². The van der Waals surface area contributed by atoms with Crippen molar-refractivity contribution in [2.24, 2.45) is 17.6 Å². The summed E-state index contributed by atoms with van der Waals surface area (Å²) in [6.07, 6.45) is 8.81. The van der Waals surface area contributed by atoms with E-state index >= 15 is 0 Å². The molecule has 1 aromatic heterocycles. The Morgan fingerprint density at radius 3 is 2.88 bits per heavy atom. The first-order chi connectivity index (χ1) is 7.72. The van der Waals surface area contributed by atoms with Gasteiger partial charge in [0, 0.05) is 24.4 Å². The summed E-state index contributed by atoms with van der Waals surface area (Å²) >= 11 is 0. The van der Waals surface area contributed by atoms with Gasteiger partial charge in [0.15, 0.2) is 0 Å². The molecule has 0 aliphatic heterocycles. The van der Waals surface area contributed by atoms with Gasteiger partial charge in [0.25, 0.3) is 0 Å². The number of aromatic nitrogens is 2. The quantitative estimate of drug-likeness (QED) is 0.851. The predicted octanol–water partition coefficient (Wildman–Crippen LogP) is 2.38. The lowest BCUT2D eigenvalue weighted by atomic mass is 9.79. The van der Waals surface area contributed by atoms with E-state index in [-0.39, 0.29) is 0 Å². The van der Waals surface area contributed by atoms with Gasteiger partial charge in [-0.15, -0.1) is 0 Å². The number of imidazole rings is 1. The first-order valence-corrected chi connectivity index (χ1v) is 6.43. The summed E-state index contributed by atoms with van der Waals surface area (Å²) in [4.78, 5) is 4.27. The molecule has 0 saturated heterocycles. The smallest absolute Gasteiger partial charge is 0.0950 e. The molecule has 1 aromatic rings. The standard InChI is InChI=1S/C13H23N3/c1-10-3-4-12(7-11(10)2)16-9-15-8-13(16)5-6-14/h8-12H,3-7,14H2,1-2H3. The van der Waals surface area contributed by atoms with E-state index < -0.39 is 0 Å². The molecule has 16 heavy (non-hydrogen) atoms. The van der Waals surface area contributed by atoms with Gasteiger partial charge in [0.05, 0.1) is 6.33 Å². The zero-order valence-electron chi connectivity index (χ0n) is 10.4. The Kier molecular flexibility index (Phi) is 3.64. The molecule has 0 spiro atoms. The second-order valence-electron chi connectivity index (χ2n) is 5.25. The number of rotatable bonds is 3. The van der Waals surface area contributed by atoms with Crippen molar-refractivity contribution < 1.29 is 0 Å².